The van der Waals surface area contributed by atoms with Crippen molar-refractivity contribution in [1.82, 2.24) is 13.7 Å². The molecule has 15 heavy (non-hydrogen) atoms. The molecule has 0 aliphatic carbocycles. The number of ketones is 1. The van der Waals surface area contributed by atoms with E-state index in [1.807, 2.05) is 0 Å². The van der Waals surface area contributed by atoms with E-state index in [0.717, 1.165) is 11.7 Å². The fraction of sp³-hybridized carbons (Fsp3) is 0.111. The molecule has 0 spiro atoms. The number of hydrogen-bond acceptors (Lipinski definition) is 6. The summed E-state index contributed by atoms with van der Waals surface area (Å²) in [7, 11) is 0. The SMILES string of the molecule is Nc1cccnc1C(=O)Cc1cnsn1. The summed E-state index contributed by atoms with van der Waals surface area (Å²) >= 11 is 1.08. The van der Waals surface area contributed by atoms with Crippen LogP contribution in [0.2, 0.25) is 0 Å². The summed E-state index contributed by atoms with van der Waals surface area (Å²) < 4.78 is 7.77. The van der Waals surface area contributed by atoms with Crippen LogP contribution in [0.4, 0.5) is 5.69 Å². The molecule has 2 heterocycles. The molecule has 0 atom stereocenters. The van der Waals surface area contributed by atoms with Gasteiger partial charge >= 0.3 is 0 Å². The lowest BCUT2D eigenvalue weighted by atomic mass is 10.1. The molecule has 0 saturated carbocycles. The average molecular weight is 220 g/mol. The van der Waals surface area contributed by atoms with Gasteiger partial charge in [-0.15, -0.1) is 0 Å². The summed E-state index contributed by atoms with van der Waals surface area (Å²) in [6.45, 7) is 0. The third-order valence-corrected chi connectivity index (χ3v) is 2.37. The van der Waals surface area contributed by atoms with Crippen LogP contribution >= 0.6 is 11.7 Å². The maximum Gasteiger partial charge on any atom is 0.189 e. The Morgan fingerprint density at radius 3 is 3.07 bits per heavy atom. The van der Waals surface area contributed by atoms with Crippen LogP contribution in [-0.4, -0.2) is 19.5 Å². The number of Topliss-reactive ketones (excluding diaryl/α,β-unsaturated/α-hetero) is 1. The largest absolute Gasteiger partial charge is 0.397 e. The van der Waals surface area contributed by atoms with Crippen molar-refractivity contribution in [3.05, 3.63) is 35.9 Å². The molecule has 5 nitrogen and oxygen atoms in total. The summed E-state index contributed by atoms with van der Waals surface area (Å²) in [5, 5.41) is 0. The average Bonchev–Trinajstić information content (AvgIpc) is 2.71. The van der Waals surface area contributed by atoms with Gasteiger partial charge in [-0.2, -0.15) is 8.75 Å². The molecule has 76 valence electrons. The zero-order chi connectivity index (χ0) is 10.7. The topological polar surface area (TPSA) is 81.8 Å². The molecular formula is C9H8N4OS. The second-order valence-electron chi connectivity index (χ2n) is 2.94. The lowest BCUT2D eigenvalue weighted by Gasteiger charge is -2.00. The number of pyridine rings is 1. The third kappa shape index (κ3) is 2.16. The Hall–Kier alpha value is -1.82. The third-order valence-electron chi connectivity index (χ3n) is 1.85. The van der Waals surface area contributed by atoms with Gasteiger partial charge in [0.25, 0.3) is 0 Å². The van der Waals surface area contributed by atoms with E-state index in [0.29, 0.717) is 17.1 Å². The predicted octanol–water partition coefficient (Wildman–Crippen LogP) is 0.941. The summed E-state index contributed by atoms with van der Waals surface area (Å²) in [6, 6.07) is 3.34. The van der Waals surface area contributed by atoms with Crippen molar-refractivity contribution in [2.45, 2.75) is 6.42 Å². The summed E-state index contributed by atoms with van der Waals surface area (Å²) in [5.74, 6) is -0.138. The fourth-order valence-corrected chi connectivity index (χ4v) is 1.59. The van der Waals surface area contributed by atoms with Crippen LogP contribution in [0.25, 0.3) is 0 Å². The molecule has 0 saturated heterocycles. The maximum absolute atomic E-state index is 11.7. The molecule has 2 N–H and O–H groups in total. The van der Waals surface area contributed by atoms with E-state index in [2.05, 4.69) is 13.7 Å². The first-order valence-corrected chi connectivity index (χ1v) is 5.00. The zero-order valence-electron chi connectivity index (χ0n) is 7.75. The molecule has 2 rings (SSSR count). The molecular weight excluding hydrogens is 212 g/mol. The fourth-order valence-electron chi connectivity index (χ4n) is 1.16. The van der Waals surface area contributed by atoms with Crippen molar-refractivity contribution in [3.63, 3.8) is 0 Å². The second-order valence-corrected chi connectivity index (χ2v) is 3.50. The van der Waals surface area contributed by atoms with E-state index in [-0.39, 0.29) is 12.2 Å². The van der Waals surface area contributed by atoms with Gasteiger partial charge in [0.15, 0.2) is 5.78 Å². The Balaban J connectivity index is 2.19. The van der Waals surface area contributed by atoms with Crippen molar-refractivity contribution >= 4 is 23.2 Å². The van der Waals surface area contributed by atoms with Crippen molar-refractivity contribution in [2.75, 3.05) is 5.73 Å². The highest BCUT2D eigenvalue weighted by molar-refractivity contribution is 6.99. The van der Waals surface area contributed by atoms with Gasteiger partial charge in [0, 0.05) is 6.20 Å². The first-order valence-electron chi connectivity index (χ1n) is 4.27. The van der Waals surface area contributed by atoms with Crippen molar-refractivity contribution in [3.8, 4) is 0 Å². The van der Waals surface area contributed by atoms with Gasteiger partial charge in [-0.05, 0) is 12.1 Å². The first kappa shape index (κ1) is 9.72. The number of hydrogen-bond donors (Lipinski definition) is 1. The summed E-state index contributed by atoms with van der Waals surface area (Å²) in [6.07, 6.45) is 3.31. The Labute approximate surface area is 90.3 Å². The number of nitrogens with zero attached hydrogens (tertiary/aromatic N) is 3. The zero-order valence-corrected chi connectivity index (χ0v) is 8.57. The van der Waals surface area contributed by atoms with E-state index in [9.17, 15) is 4.79 Å². The van der Waals surface area contributed by atoms with Crippen LogP contribution in [0.1, 0.15) is 16.2 Å². The van der Waals surface area contributed by atoms with Gasteiger partial charge in [-0.25, -0.2) is 0 Å². The van der Waals surface area contributed by atoms with E-state index in [1.165, 1.54) is 0 Å². The Morgan fingerprint density at radius 2 is 2.40 bits per heavy atom. The van der Waals surface area contributed by atoms with Crippen molar-refractivity contribution in [2.24, 2.45) is 0 Å². The van der Waals surface area contributed by atoms with Gasteiger partial charge in [-0.3, -0.25) is 9.78 Å². The van der Waals surface area contributed by atoms with Crippen molar-refractivity contribution < 1.29 is 4.79 Å². The van der Waals surface area contributed by atoms with Crippen LogP contribution < -0.4 is 5.73 Å². The van der Waals surface area contributed by atoms with E-state index >= 15 is 0 Å². The number of anilines is 1. The highest BCUT2D eigenvalue weighted by Gasteiger charge is 2.12. The van der Waals surface area contributed by atoms with Crippen LogP contribution in [0.5, 0.6) is 0 Å². The monoisotopic (exact) mass is 220 g/mol. The highest BCUT2D eigenvalue weighted by atomic mass is 32.1. The lowest BCUT2D eigenvalue weighted by Crippen LogP contribution is -2.09. The Kier molecular flexibility index (Phi) is 2.68. The van der Waals surface area contributed by atoms with Crippen LogP contribution in [0.3, 0.4) is 0 Å². The van der Waals surface area contributed by atoms with Gasteiger partial charge < -0.3 is 5.73 Å². The minimum absolute atomic E-state index is 0.138. The quantitative estimate of drug-likeness (QED) is 0.778. The Bertz CT molecular complexity index is 469. The number of carbonyl (C=O) groups excluding carboxylic acids is 1. The highest BCUT2D eigenvalue weighted by Crippen LogP contribution is 2.10. The maximum atomic E-state index is 11.7. The molecule has 0 unspecified atom stereocenters. The number of nitrogens with two attached hydrogens (primary N) is 1. The molecule has 2 aromatic heterocycles. The lowest BCUT2D eigenvalue weighted by molar-refractivity contribution is 0.0988. The molecule has 6 heteroatoms. The van der Waals surface area contributed by atoms with E-state index in [1.54, 1.807) is 24.5 Å². The second kappa shape index (κ2) is 4.14. The molecule has 0 fully saturated rings. The van der Waals surface area contributed by atoms with Crippen LogP contribution in [-0.2, 0) is 6.42 Å². The summed E-state index contributed by atoms with van der Waals surface area (Å²) in [4.78, 5) is 15.7. The van der Waals surface area contributed by atoms with Gasteiger partial charge in [0.2, 0.25) is 0 Å². The molecule has 0 radical (unpaired) electrons. The standard InChI is InChI=1S/C9H8N4OS/c10-7-2-1-3-11-9(7)8(14)4-6-5-12-15-13-6/h1-3,5H,4,10H2. The Morgan fingerprint density at radius 1 is 1.53 bits per heavy atom. The van der Waals surface area contributed by atoms with Crippen LogP contribution in [0.15, 0.2) is 24.5 Å². The molecule has 0 aliphatic rings. The number of carbonyl (C=O) groups is 1. The molecule has 0 aromatic carbocycles. The number of aromatic nitrogens is 3. The van der Waals surface area contributed by atoms with E-state index in [4.69, 9.17) is 5.73 Å². The van der Waals surface area contributed by atoms with Crippen LogP contribution in [0, 0.1) is 0 Å². The normalized spacial score (nSPS) is 10.1. The van der Waals surface area contributed by atoms with Gasteiger partial charge in [0.1, 0.15) is 5.69 Å². The number of rotatable bonds is 3. The van der Waals surface area contributed by atoms with Gasteiger partial charge in [-0.1, -0.05) is 0 Å². The minimum atomic E-state index is -0.138. The smallest absolute Gasteiger partial charge is 0.189 e. The minimum Gasteiger partial charge on any atom is -0.397 e. The first-order chi connectivity index (χ1) is 7.27. The van der Waals surface area contributed by atoms with Gasteiger partial charge in [0.05, 0.1) is 35.7 Å². The van der Waals surface area contributed by atoms with Crippen molar-refractivity contribution in [1.29, 1.82) is 0 Å². The molecule has 2 aromatic rings. The predicted molar refractivity (Wildman–Crippen MR) is 56.6 cm³/mol. The molecule has 0 aliphatic heterocycles. The number of nitrogen functional groups attached to an aromatic ring is 1. The molecule has 0 bridgehead atoms. The summed E-state index contributed by atoms with van der Waals surface area (Å²) in [5.41, 5.74) is 6.97. The molecule has 0 amide bonds. The van der Waals surface area contributed by atoms with E-state index < -0.39 is 0 Å².